The third-order valence-corrected chi connectivity index (χ3v) is 1.84. The molecular formula is C9H9O. The van der Waals surface area contributed by atoms with Crippen LogP contribution in [-0.4, -0.2) is 6.10 Å². The van der Waals surface area contributed by atoms with E-state index in [1.165, 1.54) is 11.1 Å². The van der Waals surface area contributed by atoms with Gasteiger partial charge in [-0.1, -0.05) is 6.08 Å². The van der Waals surface area contributed by atoms with Crippen LogP contribution in [0, 0.1) is 6.08 Å². The Kier molecular flexibility index (Phi) is 1.01. The summed E-state index contributed by atoms with van der Waals surface area (Å²) in [7, 11) is 0. The fourth-order valence-corrected chi connectivity index (χ4v) is 1.32. The summed E-state index contributed by atoms with van der Waals surface area (Å²) in [5, 5.41) is 0. The van der Waals surface area contributed by atoms with Crippen LogP contribution < -0.4 is 0 Å². The van der Waals surface area contributed by atoms with Crippen LogP contribution in [0.2, 0.25) is 0 Å². The van der Waals surface area contributed by atoms with Gasteiger partial charge in [-0.2, -0.15) is 0 Å². The molecule has 51 valence electrons. The Bertz CT molecular complexity index is 256. The monoisotopic (exact) mass is 133 g/mol. The van der Waals surface area contributed by atoms with E-state index < -0.39 is 0 Å². The molecule has 1 heterocycles. The molecule has 1 aliphatic heterocycles. The first-order valence-electron chi connectivity index (χ1n) is 3.43. The lowest BCUT2D eigenvalue weighted by Crippen LogP contribution is -2.00. The van der Waals surface area contributed by atoms with Crippen LogP contribution in [0.3, 0.4) is 0 Å². The highest BCUT2D eigenvalue weighted by molar-refractivity contribution is 5.44. The first-order chi connectivity index (χ1) is 4.77. The van der Waals surface area contributed by atoms with E-state index in [-0.39, 0.29) is 6.10 Å². The van der Waals surface area contributed by atoms with Gasteiger partial charge < -0.3 is 4.74 Å². The Morgan fingerprint density at radius 3 is 3.00 bits per heavy atom. The molecule has 0 aromatic heterocycles. The number of fused-ring (bicyclic) bond motifs is 1. The molecule has 2 aliphatic rings. The summed E-state index contributed by atoms with van der Waals surface area (Å²) in [4.78, 5) is 0. The van der Waals surface area contributed by atoms with Crippen LogP contribution in [0.25, 0.3) is 0 Å². The van der Waals surface area contributed by atoms with Crippen molar-refractivity contribution in [2.75, 3.05) is 0 Å². The number of hydrogen-bond donors (Lipinski definition) is 0. The van der Waals surface area contributed by atoms with Crippen molar-refractivity contribution in [3.63, 3.8) is 0 Å². The number of ether oxygens (including phenoxy) is 1. The first kappa shape index (κ1) is 5.78. The predicted octanol–water partition coefficient (Wildman–Crippen LogP) is 1.98. The molecule has 1 atom stereocenters. The maximum Gasteiger partial charge on any atom is 0.143 e. The maximum atomic E-state index is 5.42. The summed E-state index contributed by atoms with van der Waals surface area (Å²) in [5.74, 6) is 0.906. The van der Waals surface area contributed by atoms with Crippen LogP contribution in [-0.2, 0) is 4.74 Å². The average molecular weight is 133 g/mol. The summed E-state index contributed by atoms with van der Waals surface area (Å²) in [6, 6.07) is 0. The molecule has 2 rings (SSSR count). The summed E-state index contributed by atoms with van der Waals surface area (Å²) in [6.07, 6.45) is 7.50. The van der Waals surface area contributed by atoms with Crippen LogP contribution >= 0.6 is 0 Å². The zero-order valence-corrected chi connectivity index (χ0v) is 6.14. The van der Waals surface area contributed by atoms with Gasteiger partial charge in [-0.15, -0.1) is 0 Å². The molecule has 0 aromatic rings. The van der Waals surface area contributed by atoms with Gasteiger partial charge in [-0.05, 0) is 25.5 Å². The van der Waals surface area contributed by atoms with Crippen molar-refractivity contribution in [3.05, 3.63) is 35.1 Å². The van der Waals surface area contributed by atoms with Gasteiger partial charge in [0, 0.05) is 11.6 Å². The highest BCUT2D eigenvalue weighted by Crippen LogP contribution is 2.30. The lowest BCUT2D eigenvalue weighted by molar-refractivity contribution is 0.207. The molecule has 1 heteroatoms. The van der Waals surface area contributed by atoms with Gasteiger partial charge in [0.2, 0.25) is 0 Å². The van der Waals surface area contributed by atoms with Crippen LogP contribution in [0.15, 0.2) is 29.1 Å². The molecule has 0 saturated heterocycles. The van der Waals surface area contributed by atoms with Gasteiger partial charge >= 0.3 is 0 Å². The molecule has 1 aliphatic carbocycles. The van der Waals surface area contributed by atoms with Crippen LogP contribution in [0.5, 0.6) is 0 Å². The highest BCUT2D eigenvalue weighted by Gasteiger charge is 2.23. The van der Waals surface area contributed by atoms with E-state index in [0.717, 1.165) is 5.76 Å². The second-order valence-corrected chi connectivity index (χ2v) is 2.68. The van der Waals surface area contributed by atoms with Crippen molar-refractivity contribution < 1.29 is 4.74 Å². The Balaban J connectivity index is 2.43. The Morgan fingerprint density at radius 1 is 1.50 bits per heavy atom. The Labute approximate surface area is 60.7 Å². The molecule has 0 N–H and O–H groups in total. The third kappa shape index (κ3) is 0.635. The molecule has 0 amide bonds. The molecule has 10 heavy (non-hydrogen) atoms. The lowest BCUT2D eigenvalue weighted by atomic mass is 10.1. The van der Waals surface area contributed by atoms with E-state index in [4.69, 9.17) is 4.74 Å². The van der Waals surface area contributed by atoms with Crippen molar-refractivity contribution in [1.29, 1.82) is 0 Å². The van der Waals surface area contributed by atoms with Gasteiger partial charge in [0.1, 0.15) is 11.9 Å². The molecule has 0 spiro atoms. The largest absolute Gasteiger partial charge is 0.486 e. The maximum absolute atomic E-state index is 5.42. The summed E-state index contributed by atoms with van der Waals surface area (Å²) in [5.41, 5.74) is 2.49. The van der Waals surface area contributed by atoms with E-state index in [0.29, 0.717) is 0 Å². The van der Waals surface area contributed by atoms with Gasteiger partial charge in [0.15, 0.2) is 0 Å². The minimum absolute atomic E-state index is 0.181. The quantitative estimate of drug-likeness (QED) is 0.491. The van der Waals surface area contributed by atoms with Crippen molar-refractivity contribution in [3.8, 4) is 0 Å². The third-order valence-electron chi connectivity index (χ3n) is 1.84. The van der Waals surface area contributed by atoms with Crippen molar-refractivity contribution in [2.45, 2.75) is 20.0 Å². The topological polar surface area (TPSA) is 9.23 Å². The molecule has 1 radical (unpaired) electrons. The molecule has 0 bridgehead atoms. The number of rotatable bonds is 0. The SMILES string of the molecule is CC1=[C]C2=C(C)C=CC2O1. The molecule has 1 nitrogen and oxygen atoms in total. The fourth-order valence-electron chi connectivity index (χ4n) is 1.32. The second-order valence-electron chi connectivity index (χ2n) is 2.68. The van der Waals surface area contributed by atoms with Crippen LogP contribution in [0.4, 0.5) is 0 Å². The van der Waals surface area contributed by atoms with Crippen molar-refractivity contribution in [2.24, 2.45) is 0 Å². The standard InChI is InChI=1S/C9H9O/c1-6-3-4-9-8(6)5-7(2)10-9/h3-4,9H,1-2H3. The molecule has 0 saturated carbocycles. The minimum Gasteiger partial charge on any atom is -0.486 e. The smallest absolute Gasteiger partial charge is 0.143 e. The average Bonchev–Trinajstić information content (AvgIpc) is 2.35. The lowest BCUT2D eigenvalue weighted by Gasteiger charge is -2.03. The van der Waals surface area contributed by atoms with Crippen LogP contribution in [0.1, 0.15) is 13.8 Å². The van der Waals surface area contributed by atoms with E-state index in [1.54, 1.807) is 0 Å². The number of allylic oxidation sites excluding steroid dienone is 3. The zero-order chi connectivity index (χ0) is 7.14. The van der Waals surface area contributed by atoms with Crippen molar-refractivity contribution >= 4 is 0 Å². The van der Waals surface area contributed by atoms with Gasteiger partial charge in [-0.3, -0.25) is 0 Å². The summed E-state index contributed by atoms with van der Waals surface area (Å²) >= 11 is 0. The molecular weight excluding hydrogens is 124 g/mol. The summed E-state index contributed by atoms with van der Waals surface area (Å²) in [6.45, 7) is 4.02. The molecule has 0 fully saturated rings. The number of hydrogen-bond acceptors (Lipinski definition) is 1. The molecule has 1 unspecified atom stereocenters. The predicted molar refractivity (Wildman–Crippen MR) is 39.1 cm³/mol. The highest BCUT2D eigenvalue weighted by atomic mass is 16.5. The Hall–Kier alpha value is -0.980. The summed E-state index contributed by atoms with van der Waals surface area (Å²) < 4.78 is 5.42. The minimum atomic E-state index is 0.181. The van der Waals surface area contributed by atoms with Crippen molar-refractivity contribution in [1.82, 2.24) is 0 Å². The van der Waals surface area contributed by atoms with E-state index in [2.05, 4.69) is 25.2 Å². The van der Waals surface area contributed by atoms with E-state index in [9.17, 15) is 0 Å². The first-order valence-corrected chi connectivity index (χ1v) is 3.43. The van der Waals surface area contributed by atoms with Gasteiger partial charge in [0.05, 0.1) is 0 Å². The van der Waals surface area contributed by atoms with E-state index in [1.807, 2.05) is 6.92 Å². The zero-order valence-electron chi connectivity index (χ0n) is 6.14. The van der Waals surface area contributed by atoms with Gasteiger partial charge in [-0.25, -0.2) is 0 Å². The molecule has 0 aromatic carbocycles. The van der Waals surface area contributed by atoms with Gasteiger partial charge in [0.25, 0.3) is 0 Å². The van der Waals surface area contributed by atoms with E-state index >= 15 is 0 Å². The normalized spacial score (nSPS) is 28.6. The second kappa shape index (κ2) is 1.75. The Morgan fingerprint density at radius 2 is 2.30 bits per heavy atom. The fraction of sp³-hybridized carbons (Fsp3) is 0.333.